The maximum absolute atomic E-state index is 13.1. The standard InChI is InChI=1S/C26H25NO6/c1-16-15-19(32-3)10-11-20(16)24(28)22-23(21-5-4-14-33-21)27(26(30)25(22)29)13-12-17-6-8-18(31-2)9-7-17/h4-11,14-15,23,28H,12-13H2,1-3H3/b24-22-. The molecule has 1 aliphatic heterocycles. The van der Waals surface area contributed by atoms with E-state index < -0.39 is 17.7 Å². The van der Waals surface area contributed by atoms with Crippen molar-refractivity contribution >= 4 is 17.4 Å². The van der Waals surface area contributed by atoms with E-state index in [0.717, 1.165) is 16.9 Å². The predicted octanol–water partition coefficient (Wildman–Crippen LogP) is 4.27. The first kappa shape index (κ1) is 22.2. The number of likely N-dealkylation sites (tertiary alicyclic amines) is 1. The molecule has 0 radical (unpaired) electrons. The van der Waals surface area contributed by atoms with Crippen molar-refractivity contribution in [3.8, 4) is 11.5 Å². The lowest BCUT2D eigenvalue weighted by molar-refractivity contribution is -0.140. The lowest BCUT2D eigenvalue weighted by Gasteiger charge is -2.23. The summed E-state index contributed by atoms with van der Waals surface area (Å²) >= 11 is 0. The van der Waals surface area contributed by atoms with Crippen molar-refractivity contribution < 1.29 is 28.6 Å². The van der Waals surface area contributed by atoms with Crippen LogP contribution in [0.5, 0.6) is 11.5 Å². The summed E-state index contributed by atoms with van der Waals surface area (Å²) in [4.78, 5) is 27.5. The van der Waals surface area contributed by atoms with Gasteiger partial charge in [0.1, 0.15) is 29.1 Å². The number of rotatable bonds is 7. The van der Waals surface area contributed by atoms with Gasteiger partial charge < -0.3 is 23.9 Å². The number of ketones is 1. The first-order valence-corrected chi connectivity index (χ1v) is 10.5. The number of aliphatic hydroxyl groups excluding tert-OH is 1. The third-order valence-electron chi connectivity index (χ3n) is 5.84. The molecule has 33 heavy (non-hydrogen) atoms. The van der Waals surface area contributed by atoms with Crippen molar-refractivity contribution in [2.24, 2.45) is 0 Å². The Morgan fingerprint density at radius 2 is 1.73 bits per heavy atom. The van der Waals surface area contributed by atoms with E-state index in [-0.39, 0.29) is 17.9 Å². The molecule has 0 saturated carbocycles. The SMILES string of the molecule is COc1ccc(CCN2C(=O)C(=O)/C(=C(\O)c3ccc(OC)cc3C)C2c2ccco2)cc1. The molecule has 0 bridgehead atoms. The first-order valence-electron chi connectivity index (χ1n) is 10.5. The number of benzene rings is 2. The van der Waals surface area contributed by atoms with Crippen molar-refractivity contribution in [2.75, 3.05) is 20.8 Å². The molecule has 170 valence electrons. The van der Waals surface area contributed by atoms with E-state index >= 15 is 0 Å². The van der Waals surface area contributed by atoms with Gasteiger partial charge in [-0.1, -0.05) is 12.1 Å². The van der Waals surface area contributed by atoms with E-state index in [9.17, 15) is 14.7 Å². The van der Waals surface area contributed by atoms with E-state index in [0.29, 0.717) is 23.5 Å². The van der Waals surface area contributed by atoms with Gasteiger partial charge in [-0.15, -0.1) is 0 Å². The van der Waals surface area contributed by atoms with Crippen LogP contribution in [0.2, 0.25) is 0 Å². The highest BCUT2D eigenvalue weighted by atomic mass is 16.5. The Hall–Kier alpha value is -4.00. The molecular weight excluding hydrogens is 422 g/mol. The summed E-state index contributed by atoms with van der Waals surface area (Å²) in [6.07, 6.45) is 2.01. The molecule has 0 aliphatic carbocycles. The third kappa shape index (κ3) is 4.22. The quantitative estimate of drug-likeness (QED) is 0.331. The number of hydrogen-bond acceptors (Lipinski definition) is 6. The summed E-state index contributed by atoms with van der Waals surface area (Å²) in [5.41, 5.74) is 2.18. The van der Waals surface area contributed by atoms with Crippen LogP contribution in [0, 0.1) is 6.92 Å². The molecule has 1 fully saturated rings. The van der Waals surface area contributed by atoms with Crippen LogP contribution in [0.1, 0.15) is 28.5 Å². The van der Waals surface area contributed by atoms with E-state index in [2.05, 4.69) is 0 Å². The molecule has 1 unspecified atom stereocenters. The van der Waals surface area contributed by atoms with Gasteiger partial charge in [-0.3, -0.25) is 9.59 Å². The van der Waals surface area contributed by atoms with E-state index in [1.807, 2.05) is 24.3 Å². The van der Waals surface area contributed by atoms with Gasteiger partial charge in [-0.2, -0.15) is 0 Å². The number of furan rings is 1. The van der Waals surface area contributed by atoms with Gasteiger partial charge in [0.2, 0.25) is 0 Å². The zero-order valence-electron chi connectivity index (χ0n) is 18.7. The van der Waals surface area contributed by atoms with Gasteiger partial charge in [0.15, 0.2) is 0 Å². The van der Waals surface area contributed by atoms with Crippen LogP contribution in [-0.2, 0) is 16.0 Å². The number of carbonyl (C=O) groups is 2. The molecule has 1 N–H and O–H groups in total. The first-order chi connectivity index (χ1) is 15.9. The highest BCUT2D eigenvalue weighted by Crippen LogP contribution is 2.40. The van der Waals surface area contributed by atoms with Gasteiger partial charge >= 0.3 is 0 Å². The number of methoxy groups -OCH3 is 2. The smallest absolute Gasteiger partial charge is 0.295 e. The molecule has 3 aromatic rings. The minimum Gasteiger partial charge on any atom is -0.507 e. The summed E-state index contributed by atoms with van der Waals surface area (Å²) in [6.45, 7) is 2.08. The predicted molar refractivity (Wildman–Crippen MR) is 122 cm³/mol. The zero-order chi connectivity index (χ0) is 23.5. The van der Waals surface area contributed by atoms with Crippen LogP contribution in [-0.4, -0.2) is 42.5 Å². The summed E-state index contributed by atoms with van der Waals surface area (Å²) in [5, 5.41) is 11.2. The van der Waals surface area contributed by atoms with Crippen LogP contribution in [0.15, 0.2) is 70.9 Å². The monoisotopic (exact) mass is 447 g/mol. The number of carbonyl (C=O) groups excluding carboxylic acids is 2. The van der Waals surface area contributed by atoms with Crippen molar-refractivity contribution in [1.82, 2.24) is 4.90 Å². The molecule has 1 amide bonds. The van der Waals surface area contributed by atoms with Gasteiger partial charge in [0, 0.05) is 12.1 Å². The lowest BCUT2D eigenvalue weighted by Crippen LogP contribution is -2.31. The third-order valence-corrected chi connectivity index (χ3v) is 5.84. The fraction of sp³-hybridized carbons (Fsp3) is 0.231. The van der Waals surface area contributed by atoms with E-state index in [1.165, 1.54) is 11.2 Å². The van der Waals surface area contributed by atoms with Gasteiger partial charge in [-0.05, 0) is 66.9 Å². The topological polar surface area (TPSA) is 89.2 Å². The van der Waals surface area contributed by atoms with Crippen LogP contribution >= 0.6 is 0 Å². The van der Waals surface area contributed by atoms with Crippen molar-refractivity contribution in [1.29, 1.82) is 0 Å². The second-order valence-electron chi connectivity index (χ2n) is 7.79. The minimum absolute atomic E-state index is 0.0120. The van der Waals surface area contributed by atoms with Crippen LogP contribution in [0.3, 0.4) is 0 Å². The molecular formula is C26H25NO6. The second-order valence-corrected chi connectivity index (χ2v) is 7.79. The Morgan fingerprint density at radius 1 is 1.03 bits per heavy atom. The summed E-state index contributed by atoms with van der Waals surface area (Å²) in [6, 6.07) is 15.2. The number of aryl methyl sites for hydroxylation is 1. The fourth-order valence-electron chi connectivity index (χ4n) is 4.07. The molecule has 2 heterocycles. The normalized spacial score (nSPS) is 17.4. The molecule has 4 rings (SSSR count). The number of amides is 1. The van der Waals surface area contributed by atoms with E-state index in [4.69, 9.17) is 13.9 Å². The van der Waals surface area contributed by atoms with Crippen LogP contribution in [0.4, 0.5) is 0 Å². The van der Waals surface area contributed by atoms with Crippen molar-refractivity contribution in [3.05, 3.63) is 88.9 Å². The average molecular weight is 447 g/mol. The number of Topliss-reactive ketones (excluding diaryl/α,β-unsaturated/α-hetero) is 1. The molecule has 1 aromatic heterocycles. The van der Waals surface area contributed by atoms with Crippen LogP contribution in [0.25, 0.3) is 5.76 Å². The summed E-state index contributed by atoms with van der Waals surface area (Å²) in [7, 11) is 3.15. The highest BCUT2D eigenvalue weighted by molar-refractivity contribution is 6.46. The van der Waals surface area contributed by atoms with Gasteiger partial charge in [0.05, 0.1) is 26.1 Å². The summed E-state index contributed by atoms with van der Waals surface area (Å²) in [5.74, 6) is 0.145. The fourth-order valence-corrected chi connectivity index (χ4v) is 4.07. The molecule has 2 aromatic carbocycles. The second kappa shape index (κ2) is 9.24. The average Bonchev–Trinajstić information content (AvgIpc) is 3.44. The van der Waals surface area contributed by atoms with Gasteiger partial charge in [0.25, 0.3) is 11.7 Å². The Balaban J connectivity index is 1.72. The van der Waals surface area contributed by atoms with Crippen molar-refractivity contribution in [2.45, 2.75) is 19.4 Å². The number of nitrogens with zero attached hydrogens (tertiary/aromatic N) is 1. The van der Waals surface area contributed by atoms with E-state index in [1.54, 1.807) is 51.5 Å². The maximum atomic E-state index is 13.1. The Morgan fingerprint density at radius 3 is 2.33 bits per heavy atom. The Bertz CT molecular complexity index is 1190. The number of aliphatic hydroxyl groups is 1. The van der Waals surface area contributed by atoms with Crippen molar-refractivity contribution in [3.63, 3.8) is 0 Å². The number of hydrogen-bond donors (Lipinski definition) is 1. The molecule has 7 heteroatoms. The number of ether oxygens (including phenoxy) is 2. The van der Waals surface area contributed by atoms with Crippen LogP contribution < -0.4 is 9.47 Å². The largest absolute Gasteiger partial charge is 0.507 e. The zero-order valence-corrected chi connectivity index (χ0v) is 18.7. The maximum Gasteiger partial charge on any atom is 0.295 e. The summed E-state index contributed by atoms with van der Waals surface area (Å²) < 4.78 is 16.0. The molecule has 1 saturated heterocycles. The molecule has 1 aliphatic rings. The Labute approximate surface area is 191 Å². The Kier molecular flexibility index (Phi) is 6.22. The molecule has 0 spiro atoms. The van der Waals surface area contributed by atoms with Gasteiger partial charge in [-0.25, -0.2) is 0 Å². The molecule has 1 atom stereocenters. The highest BCUT2D eigenvalue weighted by Gasteiger charge is 2.47. The minimum atomic E-state index is -0.820. The molecule has 7 nitrogen and oxygen atoms in total. The lowest BCUT2D eigenvalue weighted by atomic mass is 9.97.